The van der Waals surface area contributed by atoms with Crippen LogP contribution in [0.2, 0.25) is 0 Å². The highest BCUT2D eigenvalue weighted by molar-refractivity contribution is 5.15. The first kappa shape index (κ1) is 7.41. The molecule has 0 unspecified atom stereocenters. The minimum atomic E-state index is 0.248. The predicted molar refractivity (Wildman–Crippen MR) is 34.2 cm³/mol. The van der Waals surface area contributed by atoms with Crippen LogP contribution in [0.1, 0.15) is 13.8 Å². The first-order chi connectivity index (χ1) is 3.72. The average molecular weight is 114 g/mol. The van der Waals surface area contributed by atoms with Crippen LogP contribution in [0.5, 0.6) is 0 Å². The normalized spacial score (nSPS) is 12.2. The van der Waals surface area contributed by atoms with Crippen LogP contribution in [0.15, 0.2) is 24.6 Å². The zero-order valence-corrected chi connectivity index (χ0v) is 5.32. The molecule has 0 fully saturated rings. The van der Waals surface area contributed by atoms with Gasteiger partial charge < -0.3 is 0 Å². The molecule has 8 heavy (non-hydrogen) atoms. The second-order valence-corrected chi connectivity index (χ2v) is 1.97. The van der Waals surface area contributed by atoms with Crippen molar-refractivity contribution in [1.82, 2.24) is 0 Å². The molecule has 0 atom stereocenters. The maximum atomic E-state index is 11.7. The highest BCUT2D eigenvalue weighted by Gasteiger charge is 1.95. The van der Waals surface area contributed by atoms with E-state index in [0.717, 1.165) is 0 Å². The average Bonchev–Trinajstić information content (AvgIpc) is 1.69. The van der Waals surface area contributed by atoms with Crippen molar-refractivity contribution >= 4 is 0 Å². The summed E-state index contributed by atoms with van der Waals surface area (Å²) in [4.78, 5) is 0. The minimum Gasteiger partial charge on any atom is -0.215 e. The Morgan fingerprint density at radius 1 is 1.62 bits per heavy atom. The first-order valence-electron chi connectivity index (χ1n) is 2.65. The molecule has 0 saturated heterocycles. The van der Waals surface area contributed by atoms with E-state index in [1.165, 1.54) is 6.08 Å². The Hall–Kier alpha value is -0.590. The van der Waals surface area contributed by atoms with Crippen molar-refractivity contribution in [1.29, 1.82) is 0 Å². The lowest BCUT2D eigenvalue weighted by molar-refractivity contribution is 0.676. The predicted octanol–water partition coefficient (Wildman–Crippen LogP) is 2.68. The van der Waals surface area contributed by atoms with Gasteiger partial charge in [0.15, 0.2) is 0 Å². The SMILES string of the molecule is C=C/C(=C/F)C(C)C. The molecule has 0 rings (SSSR count). The molecule has 0 heterocycles. The van der Waals surface area contributed by atoms with Crippen molar-refractivity contribution in [2.24, 2.45) is 5.92 Å². The molecule has 0 N–H and O–H groups in total. The van der Waals surface area contributed by atoms with Gasteiger partial charge in [0.1, 0.15) is 0 Å². The topological polar surface area (TPSA) is 0 Å². The standard InChI is InChI=1S/C7H11F/c1-4-7(5-8)6(2)3/h4-6H,1H2,2-3H3/b7-5-. The van der Waals surface area contributed by atoms with E-state index in [2.05, 4.69) is 6.58 Å². The Balaban J connectivity index is 3.91. The molecule has 0 aromatic carbocycles. The Morgan fingerprint density at radius 3 is 2.12 bits per heavy atom. The van der Waals surface area contributed by atoms with E-state index in [4.69, 9.17) is 0 Å². The van der Waals surface area contributed by atoms with E-state index in [1.54, 1.807) is 0 Å². The fourth-order valence-corrected chi connectivity index (χ4v) is 0.406. The van der Waals surface area contributed by atoms with Gasteiger partial charge in [-0.05, 0) is 11.5 Å². The van der Waals surface area contributed by atoms with Crippen molar-refractivity contribution in [3.8, 4) is 0 Å². The Bertz CT molecular complexity index is 101. The van der Waals surface area contributed by atoms with Crippen molar-refractivity contribution in [2.75, 3.05) is 0 Å². The van der Waals surface area contributed by atoms with Crippen LogP contribution in [0, 0.1) is 5.92 Å². The molecule has 0 aliphatic rings. The lowest BCUT2D eigenvalue weighted by atomic mass is 10.1. The zero-order chi connectivity index (χ0) is 6.57. The summed E-state index contributed by atoms with van der Waals surface area (Å²) in [5, 5.41) is 0. The second kappa shape index (κ2) is 3.42. The van der Waals surface area contributed by atoms with Crippen LogP contribution >= 0.6 is 0 Å². The smallest absolute Gasteiger partial charge is 0.0901 e. The third kappa shape index (κ3) is 1.92. The van der Waals surface area contributed by atoms with E-state index >= 15 is 0 Å². The largest absolute Gasteiger partial charge is 0.215 e. The van der Waals surface area contributed by atoms with Crippen molar-refractivity contribution in [3.63, 3.8) is 0 Å². The lowest BCUT2D eigenvalue weighted by Gasteiger charge is -2.00. The molecule has 0 aromatic rings. The van der Waals surface area contributed by atoms with Gasteiger partial charge in [-0.2, -0.15) is 0 Å². The summed E-state index contributed by atoms with van der Waals surface area (Å²) >= 11 is 0. The summed E-state index contributed by atoms with van der Waals surface area (Å²) in [6, 6.07) is 0. The fraction of sp³-hybridized carbons (Fsp3) is 0.429. The van der Waals surface area contributed by atoms with Crippen LogP contribution in [-0.2, 0) is 0 Å². The molecule has 0 radical (unpaired) electrons. The molecule has 0 saturated carbocycles. The highest BCUT2D eigenvalue weighted by atomic mass is 19.1. The van der Waals surface area contributed by atoms with E-state index in [0.29, 0.717) is 11.9 Å². The zero-order valence-electron chi connectivity index (χ0n) is 5.32. The van der Waals surface area contributed by atoms with Gasteiger partial charge in [0, 0.05) is 0 Å². The molecule has 1 heteroatoms. The molecule has 0 spiro atoms. The van der Waals surface area contributed by atoms with E-state index in [9.17, 15) is 4.39 Å². The Morgan fingerprint density at radius 2 is 2.12 bits per heavy atom. The van der Waals surface area contributed by atoms with E-state index < -0.39 is 0 Å². The van der Waals surface area contributed by atoms with Gasteiger partial charge in [0.25, 0.3) is 0 Å². The fourth-order valence-electron chi connectivity index (χ4n) is 0.406. The number of rotatable bonds is 2. The van der Waals surface area contributed by atoms with Crippen molar-refractivity contribution < 1.29 is 4.39 Å². The summed E-state index contributed by atoms with van der Waals surface area (Å²) in [6.07, 6.45) is 2.13. The third-order valence-corrected chi connectivity index (χ3v) is 1.03. The Labute approximate surface area is 49.7 Å². The molecule has 0 nitrogen and oxygen atoms in total. The second-order valence-electron chi connectivity index (χ2n) is 1.97. The number of hydrogen-bond donors (Lipinski definition) is 0. The molecule has 0 bridgehead atoms. The van der Waals surface area contributed by atoms with Crippen LogP contribution in [0.25, 0.3) is 0 Å². The molecular weight excluding hydrogens is 103 g/mol. The maximum absolute atomic E-state index is 11.7. The van der Waals surface area contributed by atoms with Crippen molar-refractivity contribution in [3.05, 3.63) is 24.6 Å². The van der Waals surface area contributed by atoms with Gasteiger partial charge in [-0.25, -0.2) is 4.39 Å². The number of hydrogen-bond acceptors (Lipinski definition) is 0. The van der Waals surface area contributed by atoms with Gasteiger partial charge in [0.2, 0.25) is 0 Å². The van der Waals surface area contributed by atoms with Gasteiger partial charge >= 0.3 is 0 Å². The van der Waals surface area contributed by atoms with E-state index in [-0.39, 0.29) is 5.92 Å². The maximum Gasteiger partial charge on any atom is 0.0901 e. The highest BCUT2D eigenvalue weighted by Crippen LogP contribution is 2.09. The summed E-state index contributed by atoms with van der Waals surface area (Å²) in [6.45, 7) is 7.29. The van der Waals surface area contributed by atoms with Gasteiger partial charge in [-0.15, -0.1) is 0 Å². The van der Waals surface area contributed by atoms with Crippen molar-refractivity contribution in [2.45, 2.75) is 13.8 Å². The van der Waals surface area contributed by atoms with Crippen LogP contribution in [0.4, 0.5) is 4.39 Å². The van der Waals surface area contributed by atoms with Gasteiger partial charge in [0.05, 0.1) is 6.33 Å². The van der Waals surface area contributed by atoms with Gasteiger partial charge in [-0.1, -0.05) is 26.5 Å². The summed E-state index contributed by atoms with van der Waals surface area (Å²) < 4.78 is 11.7. The molecule has 0 aliphatic carbocycles. The Kier molecular flexibility index (Phi) is 3.16. The quantitative estimate of drug-likeness (QED) is 0.484. The lowest BCUT2D eigenvalue weighted by Crippen LogP contribution is -1.87. The molecule has 0 amide bonds. The van der Waals surface area contributed by atoms with E-state index in [1.807, 2.05) is 13.8 Å². The summed E-state index contributed by atoms with van der Waals surface area (Å²) in [5.41, 5.74) is 0.657. The molecular formula is C7H11F. The number of allylic oxidation sites excluding steroid dienone is 2. The molecule has 46 valence electrons. The van der Waals surface area contributed by atoms with Gasteiger partial charge in [-0.3, -0.25) is 0 Å². The third-order valence-electron chi connectivity index (χ3n) is 1.03. The minimum absolute atomic E-state index is 0.248. The molecule has 0 aromatic heterocycles. The van der Waals surface area contributed by atoms with Crippen LogP contribution in [-0.4, -0.2) is 0 Å². The van der Waals surface area contributed by atoms with Crippen LogP contribution < -0.4 is 0 Å². The summed E-state index contributed by atoms with van der Waals surface area (Å²) in [5.74, 6) is 0.248. The summed E-state index contributed by atoms with van der Waals surface area (Å²) in [7, 11) is 0. The monoisotopic (exact) mass is 114 g/mol. The molecule has 0 aliphatic heterocycles. The number of halogens is 1. The first-order valence-corrected chi connectivity index (χ1v) is 2.65. The van der Waals surface area contributed by atoms with Crippen LogP contribution in [0.3, 0.4) is 0 Å².